The lowest BCUT2D eigenvalue weighted by Gasteiger charge is -2.17. The van der Waals surface area contributed by atoms with Gasteiger partial charge in [-0.1, -0.05) is 31.5 Å². The van der Waals surface area contributed by atoms with Gasteiger partial charge in [0.2, 0.25) is 0 Å². The Hall–Kier alpha value is -0.690. The smallest absolute Gasteiger partial charge is 0.102 e. The van der Waals surface area contributed by atoms with Gasteiger partial charge >= 0.3 is 0 Å². The number of hydrogen-bond acceptors (Lipinski definition) is 3. The van der Waals surface area contributed by atoms with Gasteiger partial charge in [-0.2, -0.15) is 5.26 Å². The van der Waals surface area contributed by atoms with Crippen LogP contribution in [-0.2, 0) is 0 Å². The van der Waals surface area contributed by atoms with Crippen molar-refractivity contribution in [2.45, 2.75) is 18.7 Å². The molecular formula is C13H17ClN2S. The molecule has 17 heavy (non-hydrogen) atoms. The van der Waals surface area contributed by atoms with Crippen LogP contribution < -0.4 is 0 Å². The minimum atomic E-state index is 0.542. The fourth-order valence-electron chi connectivity index (χ4n) is 1.56. The van der Waals surface area contributed by atoms with Crippen LogP contribution in [0.25, 0.3) is 0 Å². The fraction of sp³-hybridized carbons (Fsp3) is 0.462. The van der Waals surface area contributed by atoms with Gasteiger partial charge in [0.15, 0.2) is 0 Å². The van der Waals surface area contributed by atoms with Gasteiger partial charge in [0.25, 0.3) is 0 Å². The van der Waals surface area contributed by atoms with E-state index in [0.717, 1.165) is 30.3 Å². The molecule has 0 atom stereocenters. The number of benzene rings is 1. The lowest BCUT2D eigenvalue weighted by atomic mass is 10.2. The molecule has 0 aliphatic rings. The Kier molecular flexibility index (Phi) is 6.43. The zero-order chi connectivity index (χ0) is 12.7. The normalized spacial score (nSPS) is 10.5. The zero-order valence-electron chi connectivity index (χ0n) is 10.2. The molecule has 0 aliphatic carbocycles. The molecule has 0 radical (unpaired) electrons. The van der Waals surface area contributed by atoms with Gasteiger partial charge in [-0.15, -0.1) is 11.8 Å². The highest BCUT2D eigenvalue weighted by atomic mass is 35.5. The van der Waals surface area contributed by atoms with Crippen molar-refractivity contribution in [3.8, 4) is 6.07 Å². The van der Waals surface area contributed by atoms with Crippen LogP contribution in [0.3, 0.4) is 0 Å². The summed E-state index contributed by atoms with van der Waals surface area (Å²) in [4.78, 5) is 3.34. The third-order valence-electron chi connectivity index (χ3n) is 2.65. The molecule has 0 aromatic heterocycles. The van der Waals surface area contributed by atoms with E-state index in [1.807, 2.05) is 12.1 Å². The van der Waals surface area contributed by atoms with Crippen molar-refractivity contribution in [1.29, 1.82) is 5.26 Å². The second-order valence-corrected chi connectivity index (χ2v) is 5.14. The minimum absolute atomic E-state index is 0.542. The number of thioether (sulfide) groups is 1. The van der Waals surface area contributed by atoms with Crippen molar-refractivity contribution in [2.75, 3.05) is 25.4 Å². The van der Waals surface area contributed by atoms with E-state index < -0.39 is 0 Å². The summed E-state index contributed by atoms with van der Waals surface area (Å²) in [5, 5.41) is 9.58. The molecule has 0 saturated heterocycles. The third-order valence-corrected chi connectivity index (χ3v) is 4.00. The van der Waals surface area contributed by atoms with Gasteiger partial charge < -0.3 is 4.90 Å². The highest BCUT2D eigenvalue weighted by molar-refractivity contribution is 7.99. The highest BCUT2D eigenvalue weighted by Crippen LogP contribution is 2.27. The van der Waals surface area contributed by atoms with Gasteiger partial charge in [-0.3, -0.25) is 0 Å². The maximum absolute atomic E-state index is 9.04. The van der Waals surface area contributed by atoms with Crippen molar-refractivity contribution in [1.82, 2.24) is 4.90 Å². The van der Waals surface area contributed by atoms with Crippen LogP contribution in [0.2, 0.25) is 5.02 Å². The quantitative estimate of drug-likeness (QED) is 0.737. The first kappa shape index (κ1) is 14.4. The van der Waals surface area contributed by atoms with E-state index in [1.165, 1.54) is 0 Å². The average molecular weight is 269 g/mol. The van der Waals surface area contributed by atoms with Gasteiger partial charge in [-0.25, -0.2) is 0 Å². The predicted octanol–water partition coefficient (Wildman–Crippen LogP) is 3.65. The first-order valence-corrected chi connectivity index (χ1v) is 7.13. The molecule has 4 heteroatoms. The third kappa shape index (κ3) is 4.23. The van der Waals surface area contributed by atoms with E-state index in [0.29, 0.717) is 10.6 Å². The Morgan fingerprint density at radius 1 is 1.35 bits per heavy atom. The molecule has 92 valence electrons. The molecule has 1 rings (SSSR count). The van der Waals surface area contributed by atoms with Gasteiger partial charge in [0.05, 0.1) is 10.6 Å². The van der Waals surface area contributed by atoms with E-state index in [2.05, 4.69) is 24.8 Å². The molecule has 0 saturated carbocycles. The molecule has 0 amide bonds. The fourth-order valence-corrected chi connectivity index (χ4v) is 2.87. The van der Waals surface area contributed by atoms with E-state index in [1.54, 1.807) is 17.8 Å². The molecule has 1 aromatic carbocycles. The molecular weight excluding hydrogens is 252 g/mol. The topological polar surface area (TPSA) is 27.0 Å². The number of nitriles is 1. The number of hydrogen-bond donors (Lipinski definition) is 0. The molecule has 0 spiro atoms. The second kappa shape index (κ2) is 7.60. The Balaban J connectivity index is 2.58. The number of rotatable bonds is 6. The molecule has 0 bridgehead atoms. The van der Waals surface area contributed by atoms with Crippen molar-refractivity contribution in [3.63, 3.8) is 0 Å². The predicted molar refractivity (Wildman–Crippen MR) is 74.7 cm³/mol. The van der Waals surface area contributed by atoms with Crippen molar-refractivity contribution >= 4 is 23.4 Å². The second-order valence-electron chi connectivity index (χ2n) is 3.60. The molecule has 1 aromatic rings. The van der Waals surface area contributed by atoms with Gasteiger partial charge in [0.1, 0.15) is 6.07 Å². The van der Waals surface area contributed by atoms with Crippen molar-refractivity contribution in [3.05, 3.63) is 28.8 Å². The molecule has 2 nitrogen and oxygen atoms in total. The summed E-state index contributed by atoms with van der Waals surface area (Å²) in [6.07, 6.45) is 0. The van der Waals surface area contributed by atoms with Crippen LogP contribution in [0.5, 0.6) is 0 Å². The molecule has 0 fully saturated rings. The lowest BCUT2D eigenvalue weighted by Crippen LogP contribution is -2.25. The molecule has 0 N–H and O–H groups in total. The number of halogens is 1. The standard InChI is InChI=1S/C13H17ClN2S/c1-3-16(4-2)8-9-17-13-7-5-6-12(14)11(13)10-15/h5-7H,3-4,8-9H2,1-2H3. The van der Waals surface area contributed by atoms with E-state index in [9.17, 15) is 0 Å². The van der Waals surface area contributed by atoms with Crippen LogP contribution in [0.4, 0.5) is 0 Å². The van der Waals surface area contributed by atoms with Crippen molar-refractivity contribution in [2.24, 2.45) is 0 Å². The lowest BCUT2D eigenvalue weighted by molar-refractivity contribution is 0.324. The van der Waals surface area contributed by atoms with Crippen LogP contribution in [0, 0.1) is 11.3 Å². The molecule has 0 aliphatic heterocycles. The highest BCUT2D eigenvalue weighted by Gasteiger charge is 2.07. The largest absolute Gasteiger partial charge is 0.303 e. The first-order valence-electron chi connectivity index (χ1n) is 5.76. The van der Waals surface area contributed by atoms with Crippen LogP contribution in [-0.4, -0.2) is 30.3 Å². The van der Waals surface area contributed by atoms with Crippen molar-refractivity contribution < 1.29 is 0 Å². The monoisotopic (exact) mass is 268 g/mol. The molecule has 0 heterocycles. The summed E-state index contributed by atoms with van der Waals surface area (Å²) < 4.78 is 0. The Labute approximate surface area is 113 Å². The average Bonchev–Trinajstić information content (AvgIpc) is 2.35. The summed E-state index contributed by atoms with van der Waals surface area (Å²) in [5.41, 5.74) is 0.596. The Morgan fingerprint density at radius 2 is 2.06 bits per heavy atom. The van der Waals surface area contributed by atoms with E-state index in [-0.39, 0.29) is 0 Å². The first-order chi connectivity index (χ1) is 8.22. The van der Waals surface area contributed by atoms with Gasteiger partial charge in [0, 0.05) is 17.2 Å². The maximum atomic E-state index is 9.04. The van der Waals surface area contributed by atoms with Gasteiger partial charge in [-0.05, 0) is 25.2 Å². The van der Waals surface area contributed by atoms with Crippen LogP contribution in [0.15, 0.2) is 23.1 Å². The Bertz CT molecular complexity index is 397. The SMILES string of the molecule is CCN(CC)CCSc1cccc(Cl)c1C#N. The Morgan fingerprint density at radius 3 is 2.65 bits per heavy atom. The molecule has 0 unspecified atom stereocenters. The van der Waals surface area contributed by atoms with Crippen LogP contribution in [0.1, 0.15) is 19.4 Å². The maximum Gasteiger partial charge on any atom is 0.102 e. The summed E-state index contributed by atoms with van der Waals surface area (Å²) in [6.45, 7) is 7.49. The summed E-state index contributed by atoms with van der Waals surface area (Å²) in [6, 6.07) is 7.77. The van der Waals surface area contributed by atoms with E-state index >= 15 is 0 Å². The van der Waals surface area contributed by atoms with E-state index in [4.69, 9.17) is 16.9 Å². The summed E-state index contributed by atoms with van der Waals surface area (Å²) in [7, 11) is 0. The summed E-state index contributed by atoms with van der Waals surface area (Å²) >= 11 is 7.68. The zero-order valence-corrected chi connectivity index (χ0v) is 11.8. The number of nitrogens with zero attached hydrogens (tertiary/aromatic N) is 2. The minimum Gasteiger partial charge on any atom is -0.303 e. The summed E-state index contributed by atoms with van der Waals surface area (Å²) in [5.74, 6) is 0.983. The van der Waals surface area contributed by atoms with Crippen LogP contribution >= 0.6 is 23.4 Å².